The minimum Gasteiger partial charge on any atom is -0.466 e. The van der Waals surface area contributed by atoms with Gasteiger partial charge in [0.25, 0.3) is 0 Å². The summed E-state index contributed by atoms with van der Waals surface area (Å²) in [5.74, 6) is -0.749. The number of ether oxygens (including phenoxy) is 1. The zero-order chi connectivity index (χ0) is 14.6. The second-order valence-electron chi connectivity index (χ2n) is 3.88. The average Bonchev–Trinajstić information content (AvgIpc) is 2.29. The van der Waals surface area contributed by atoms with Gasteiger partial charge in [0.05, 0.1) is 24.2 Å². The molecule has 0 atom stereocenters. The third kappa shape index (κ3) is 3.47. The van der Waals surface area contributed by atoms with Gasteiger partial charge in [-0.3, -0.25) is 4.79 Å². The molecule has 0 fully saturated rings. The van der Waals surface area contributed by atoms with Crippen LogP contribution in [0.3, 0.4) is 0 Å². The van der Waals surface area contributed by atoms with Crippen LogP contribution in [-0.2, 0) is 22.1 Å². The molecule has 0 aliphatic heterocycles. The minimum absolute atomic E-state index is 0.0944. The van der Waals surface area contributed by atoms with E-state index in [2.05, 4.69) is 4.74 Å². The van der Waals surface area contributed by atoms with Crippen molar-refractivity contribution < 1.29 is 22.7 Å². The first-order valence-electron chi connectivity index (χ1n) is 5.56. The van der Waals surface area contributed by atoms with Crippen LogP contribution in [-0.4, -0.2) is 12.6 Å². The number of carbonyl (C=O) groups excluding carboxylic acids is 1. The molecule has 0 radical (unpaired) electrons. The molecule has 1 rings (SSSR count). The molecule has 0 N–H and O–H groups in total. The molecular weight excluding hydrogens is 259 g/mol. The SMILES string of the molecule is CCOC(=O)Cc1ccc(C)c(C#N)c1C(F)(F)F. The van der Waals surface area contributed by atoms with Crippen molar-refractivity contribution in [2.75, 3.05) is 6.61 Å². The Bertz CT molecular complexity index is 530. The average molecular weight is 271 g/mol. The van der Waals surface area contributed by atoms with Gasteiger partial charge in [-0.05, 0) is 25.0 Å². The number of carbonyl (C=O) groups is 1. The van der Waals surface area contributed by atoms with Crippen LogP contribution in [0.5, 0.6) is 0 Å². The second-order valence-corrected chi connectivity index (χ2v) is 3.88. The number of benzene rings is 1. The zero-order valence-electron chi connectivity index (χ0n) is 10.5. The van der Waals surface area contributed by atoms with Crippen molar-refractivity contribution in [3.63, 3.8) is 0 Å². The summed E-state index contributed by atoms with van der Waals surface area (Å²) in [5.41, 5.74) is -1.52. The Morgan fingerprint density at radius 2 is 2.05 bits per heavy atom. The lowest BCUT2D eigenvalue weighted by Gasteiger charge is -2.15. The van der Waals surface area contributed by atoms with Gasteiger partial charge in [0.2, 0.25) is 0 Å². The summed E-state index contributed by atoms with van der Waals surface area (Å²) >= 11 is 0. The highest BCUT2D eigenvalue weighted by molar-refractivity contribution is 5.73. The summed E-state index contributed by atoms with van der Waals surface area (Å²) < 4.78 is 43.7. The molecule has 1 aromatic rings. The fourth-order valence-corrected chi connectivity index (χ4v) is 1.73. The van der Waals surface area contributed by atoms with Crippen molar-refractivity contribution in [1.29, 1.82) is 5.26 Å². The van der Waals surface area contributed by atoms with E-state index in [-0.39, 0.29) is 17.7 Å². The standard InChI is InChI=1S/C13H12F3NO2/c1-3-19-11(18)6-9-5-4-8(2)10(7-17)12(9)13(14,15)16/h4-5H,3,6H2,1-2H3. The topological polar surface area (TPSA) is 50.1 Å². The largest absolute Gasteiger partial charge is 0.466 e. The molecule has 0 spiro atoms. The first-order valence-corrected chi connectivity index (χ1v) is 5.56. The van der Waals surface area contributed by atoms with E-state index in [4.69, 9.17) is 5.26 Å². The van der Waals surface area contributed by atoms with Crippen LogP contribution >= 0.6 is 0 Å². The maximum Gasteiger partial charge on any atom is 0.417 e. The second kappa shape index (κ2) is 5.74. The Kier molecular flexibility index (Phi) is 4.54. The van der Waals surface area contributed by atoms with Gasteiger partial charge in [0, 0.05) is 0 Å². The summed E-state index contributed by atoms with van der Waals surface area (Å²) in [4.78, 5) is 11.3. The number of nitrogens with zero attached hydrogens (tertiary/aromatic N) is 1. The number of hydrogen-bond acceptors (Lipinski definition) is 3. The van der Waals surface area contributed by atoms with Crippen LogP contribution in [0, 0.1) is 18.3 Å². The molecule has 0 bridgehead atoms. The Balaban J connectivity index is 3.33. The van der Waals surface area contributed by atoms with Gasteiger partial charge in [-0.25, -0.2) is 0 Å². The molecule has 102 valence electrons. The maximum atomic E-state index is 13.0. The zero-order valence-corrected chi connectivity index (χ0v) is 10.5. The van der Waals surface area contributed by atoms with Crippen LogP contribution < -0.4 is 0 Å². The number of halogens is 3. The molecule has 0 saturated heterocycles. The lowest BCUT2D eigenvalue weighted by atomic mass is 9.95. The van der Waals surface area contributed by atoms with E-state index in [0.29, 0.717) is 0 Å². The molecule has 1 aromatic carbocycles. The van der Waals surface area contributed by atoms with Crippen molar-refractivity contribution >= 4 is 5.97 Å². The highest BCUT2D eigenvalue weighted by Crippen LogP contribution is 2.36. The molecule has 6 heteroatoms. The van der Waals surface area contributed by atoms with Gasteiger partial charge < -0.3 is 4.74 Å². The Morgan fingerprint density at radius 3 is 2.53 bits per heavy atom. The molecular formula is C13H12F3NO2. The van der Waals surface area contributed by atoms with E-state index in [1.807, 2.05) is 0 Å². The maximum absolute atomic E-state index is 13.0. The predicted octanol–water partition coefficient (Wildman–Crippen LogP) is 2.99. The third-order valence-corrected chi connectivity index (χ3v) is 2.54. The van der Waals surface area contributed by atoms with Crippen molar-refractivity contribution in [3.05, 3.63) is 34.4 Å². The van der Waals surface area contributed by atoms with E-state index < -0.39 is 29.7 Å². The van der Waals surface area contributed by atoms with Crippen LogP contribution in [0.4, 0.5) is 13.2 Å². The van der Waals surface area contributed by atoms with E-state index in [9.17, 15) is 18.0 Å². The summed E-state index contributed by atoms with van der Waals surface area (Å²) in [6.45, 7) is 3.08. The van der Waals surface area contributed by atoms with Crippen LogP contribution in [0.25, 0.3) is 0 Å². The van der Waals surface area contributed by atoms with Crippen molar-refractivity contribution in [2.45, 2.75) is 26.4 Å². The van der Waals surface area contributed by atoms with Gasteiger partial charge >= 0.3 is 12.1 Å². The van der Waals surface area contributed by atoms with Crippen LogP contribution in [0.2, 0.25) is 0 Å². The highest BCUT2D eigenvalue weighted by Gasteiger charge is 2.37. The molecule has 0 unspecified atom stereocenters. The van der Waals surface area contributed by atoms with E-state index >= 15 is 0 Å². The van der Waals surface area contributed by atoms with Gasteiger partial charge in [0.1, 0.15) is 6.07 Å². The fraction of sp³-hybridized carbons (Fsp3) is 0.385. The van der Waals surface area contributed by atoms with Crippen molar-refractivity contribution in [2.24, 2.45) is 0 Å². The molecule has 3 nitrogen and oxygen atoms in total. The molecule has 0 amide bonds. The van der Waals surface area contributed by atoms with Crippen molar-refractivity contribution in [1.82, 2.24) is 0 Å². The lowest BCUT2D eigenvalue weighted by molar-refractivity contribution is -0.143. The third-order valence-electron chi connectivity index (χ3n) is 2.54. The minimum atomic E-state index is -4.68. The van der Waals surface area contributed by atoms with Gasteiger partial charge in [-0.15, -0.1) is 0 Å². The molecule has 19 heavy (non-hydrogen) atoms. The van der Waals surface area contributed by atoms with E-state index in [1.165, 1.54) is 19.1 Å². The number of rotatable bonds is 3. The number of aryl methyl sites for hydroxylation is 1. The number of alkyl halides is 3. The number of esters is 1. The lowest BCUT2D eigenvalue weighted by Crippen LogP contribution is -2.16. The summed E-state index contributed by atoms with van der Waals surface area (Å²) in [6, 6.07) is 4.14. The van der Waals surface area contributed by atoms with Crippen LogP contribution in [0.1, 0.15) is 29.2 Å². The quantitative estimate of drug-likeness (QED) is 0.794. The van der Waals surface area contributed by atoms with Crippen molar-refractivity contribution in [3.8, 4) is 6.07 Å². The van der Waals surface area contributed by atoms with E-state index in [0.717, 1.165) is 0 Å². The Hall–Kier alpha value is -2.03. The smallest absolute Gasteiger partial charge is 0.417 e. The number of nitriles is 1. The fourth-order valence-electron chi connectivity index (χ4n) is 1.73. The normalized spacial score (nSPS) is 10.9. The molecule has 0 aliphatic carbocycles. The summed E-state index contributed by atoms with van der Waals surface area (Å²) in [6.07, 6.45) is -5.18. The van der Waals surface area contributed by atoms with Crippen LogP contribution in [0.15, 0.2) is 12.1 Å². The Morgan fingerprint density at radius 1 is 1.42 bits per heavy atom. The van der Waals surface area contributed by atoms with Gasteiger partial charge in [0.15, 0.2) is 0 Å². The molecule has 0 aliphatic rings. The van der Waals surface area contributed by atoms with E-state index in [1.54, 1.807) is 13.0 Å². The van der Waals surface area contributed by atoms with Gasteiger partial charge in [-0.2, -0.15) is 18.4 Å². The first-order chi connectivity index (χ1) is 8.81. The molecule has 0 saturated carbocycles. The monoisotopic (exact) mass is 271 g/mol. The molecule has 0 aromatic heterocycles. The Labute approximate surface area is 108 Å². The molecule has 0 heterocycles. The summed E-state index contributed by atoms with van der Waals surface area (Å²) in [5, 5.41) is 8.86. The number of hydrogen-bond donors (Lipinski definition) is 0. The first kappa shape index (κ1) is 15.0. The predicted molar refractivity (Wildman–Crippen MR) is 61.2 cm³/mol. The van der Waals surface area contributed by atoms with Gasteiger partial charge in [-0.1, -0.05) is 12.1 Å². The highest BCUT2D eigenvalue weighted by atomic mass is 19.4. The summed E-state index contributed by atoms with van der Waals surface area (Å²) in [7, 11) is 0.